The van der Waals surface area contributed by atoms with Gasteiger partial charge in [-0.1, -0.05) is 18.2 Å². The van der Waals surface area contributed by atoms with Gasteiger partial charge >= 0.3 is 0 Å². The van der Waals surface area contributed by atoms with Crippen LogP contribution in [-0.2, 0) is 30.1 Å². The van der Waals surface area contributed by atoms with Gasteiger partial charge in [-0.25, -0.2) is 4.98 Å². The van der Waals surface area contributed by atoms with E-state index in [2.05, 4.69) is 4.98 Å². The highest BCUT2D eigenvalue weighted by atomic mass is 16.5. The van der Waals surface area contributed by atoms with Gasteiger partial charge in [0.2, 0.25) is 11.5 Å². The summed E-state index contributed by atoms with van der Waals surface area (Å²) >= 11 is 0. The number of rotatable bonds is 1. The quantitative estimate of drug-likeness (QED) is 0.715. The fourth-order valence-electron chi connectivity index (χ4n) is 4.69. The average molecular weight is 361 g/mol. The number of pyridine rings is 1. The van der Waals surface area contributed by atoms with Crippen molar-refractivity contribution in [3.8, 4) is 0 Å². The maximum Gasteiger partial charge on any atom is 0.278 e. The van der Waals surface area contributed by atoms with E-state index in [1.54, 1.807) is 50.6 Å². The summed E-state index contributed by atoms with van der Waals surface area (Å²) in [5.74, 6) is -0.386. The molecular formula is C20H15N3O4. The highest BCUT2D eigenvalue weighted by Crippen LogP contribution is 2.63. The van der Waals surface area contributed by atoms with Crippen molar-refractivity contribution in [3.63, 3.8) is 0 Å². The van der Waals surface area contributed by atoms with E-state index in [9.17, 15) is 14.4 Å². The fraction of sp³-hybridized carbons (Fsp3) is 0.200. The zero-order valence-corrected chi connectivity index (χ0v) is 14.7. The molecule has 0 bridgehead atoms. The minimum atomic E-state index is -1.69. The summed E-state index contributed by atoms with van der Waals surface area (Å²) < 4.78 is 5.96. The second-order valence-electron chi connectivity index (χ2n) is 6.86. The van der Waals surface area contributed by atoms with Crippen LogP contribution in [0.15, 0.2) is 54.4 Å². The molecule has 0 unspecified atom stereocenters. The Labute approximate surface area is 154 Å². The van der Waals surface area contributed by atoms with E-state index in [1.807, 2.05) is 6.07 Å². The van der Waals surface area contributed by atoms with Gasteiger partial charge < -0.3 is 9.64 Å². The molecule has 0 aliphatic carbocycles. The summed E-state index contributed by atoms with van der Waals surface area (Å²) in [5.41, 5.74) is -1.45. The van der Waals surface area contributed by atoms with Gasteiger partial charge in [-0.2, -0.15) is 0 Å². The van der Waals surface area contributed by atoms with E-state index >= 15 is 0 Å². The highest BCUT2D eigenvalue weighted by Gasteiger charge is 2.76. The van der Waals surface area contributed by atoms with E-state index in [1.165, 1.54) is 16.1 Å². The molecule has 2 atom stereocenters. The first kappa shape index (κ1) is 15.7. The molecule has 3 aliphatic rings. The predicted octanol–water partition coefficient (Wildman–Crippen LogP) is 1.28. The van der Waals surface area contributed by atoms with E-state index in [-0.39, 0.29) is 11.5 Å². The number of amides is 2. The van der Waals surface area contributed by atoms with Gasteiger partial charge in [0.05, 0.1) is 11.8 Å². The van der Waals surface area contributed by atoms with Crippen LogP contribution in [0.3, 0.4) is 0 Å². The maximum absolute atomic E-state index is 13.6. The van der Waals surface area contributed by atoms with Crippen molar-refractivity contribution in [2.45, 2.75) is 11.0 Å². The monoisotopic (exact) mass is 361 g/mol. The first-order chi connectivity index (χ1) is 13.0. The molecule has 2 amide bonds. The minimum Gasteiger partial charge on any atom is -0.478 e. The molecule has 0 N–H and O–H groups in total. The van der Waals surface area contributed by atoms with Crippen LogP contribution in [0.2, 0.25) is 0 Å². The number of aromatic nitrogens is 1. The number of ether oxygens (including phenoxy) is 1. The number of carbonyl (C=O) groups excluding carboxylic acids is 3. The molecule has 1 aromatic heterocycles. The maximum atomic E-state index is 13.6. The summed E-state index contributed by atoms with van der Waals surface area (Å²) in [7, 11) is 3.23. The third-order valence-corrected chi connectivity index (χ3v) is 5.84. The van der Waals surface area contributed by atoms with E-state index in [0.717, 1.165) is 0 Å². The second-order valence-corrected chi connectivity index (χ2v) is 6.86. The molecule has 3 aliphatic heterocycles. The Morgan fingerprint density at radius 1 is 1.00 bits per heavy atom. The van der Waals surface area contributed by atoms with Crippen molar-refractivity contribution in [2.24, 2.45) is 0 Å². The van der Waals surface area contributed by atoms with Gasteiger partial charge in [-0.05, 0) is 18.2 Å². The zero-order valence-electron chi connectivity index (χ0n) is 14.7. The third kappa shape index (κ3) is 1.43. The standard InChI is InChI=1S/C20H15N3O4/c1-22-15-8-4-3-6-13(15)19(17(22)25)12(10-24)11-27-20(19)14-7-5-9-21-16(14)23(2)18(20)26/h3-11H,1-2H3/t19-,20+/m0/s1. The smallest absolute Gasteiger partial charge is 0.278 e. The Hall–Kier alpha value is -3.48. The Balaban J connectivity index is 1.94. The lowest BCUT2D eigenvalue weighted by Gasteiger charge is -2.37. The molecule has 134 valence electrons. The number of anilines is 2. The van der Waals surface area contributed by atoms with Gasteiger partial charge in [0.25, 0.3) is 5.91 Å². The molecule has 5 rings (SSSR count). The lowest BCUT2D eigenvalue weighted by molar-refractivity contribution is -0.147. The molecule has 0 saturated heterocycles. The number of carbonyl (C=O) groups is 3. The summed E-state index contributed by atoms with van der Waals surface area (Å²) in [6.45, 7) is 0. The first-order valence-electron chi connectivity index (χ1n) is 8.46. The Kier molecular flexibility index (Phi) is 2.81. The average Bonchev–Trinajstić information content (AvgIpc) is 3.25. The van der Waals surface area contributed by atoms with Crippen molar-refractivity contribution < 1.29 is 19.1 Å². The molecular weight excluding hydrogens is 346 g/mol. The number of hydrogen-bond donors (Lipinski definition) is 0. The molecule has 7 heteroatoms. The Bertz CT molecular complexity index is 1080. The first-order valence-corrected chi connectivity index (χ1v) is 8.46. The molecule has 0 radical (unpaired) electrons. The lowest BCUT2D eigenvalue weighted by atomic mass is 9.62. The molecule has 4 heterocycles. The topological polar surface area (TPSA) is 79.8 Å². The van der Waals surface area contributed by atoms with Gasteiger partial charge in [0.1, 0.15) is 5.82 Å². The van der Waals surface area contributed by atoms with Crippen LogP contribution in [0.4, 0.5) is 11.5 Å². The number of para-hydroxylation sites is 1. The van der Waals surface area contributed by atoms with Crippen LogP contribution in [-0.4, -0.2) is 37.2 Å². The molecule has 0 fully saturated rings. The number of benzene rings is 1. The molecule has 2 spiro atoms. The SMILES string of the molecule is CN1C(=O)[C@]2(C(C=O)=CO[C@]23C(=O)N(C)c2ncccc23)c2ccccc21. The number of fused-ring (bicyclic) bond motifs is 5. The number of aldehydes is 1. The summed E-state index contributed by atoms with van der Waals surface area (Å²) in [5, 5.41) is 0. The lowest BCUT2D eigenvalue weighted by Crippen LogP contribution is -2.58. The summed E-state index contributed by atoms with van der Waals surface area (Å²) in [6, 6.07) is 10.6. The number of nitrogens with zero attached hydrogens (tertiary/aromatic N) is 3. The van der Waals surface area contributed by atoms with Crippen molar-refractivity contribution in [2.75, 3.05) is 23.9 Å². The summed E-state index contributed by atoms with van der Waals surface area (Å²) in [4.78, 5) is 46.3. The van der Waals surface area contributed by atoms with Crippen LogP contribution in [0.1, 0.15) is 11.1 Å². The van der Waals surface area contributed by atoms with Gasteiger partial charge in [0.15, 0.2) is 11.7 Å². The third-order valence-electron chi connectivity index (χ3n) is 5.84. The van der Waals surface area contributed by atoms with Crippen molar-refractivity contribution in [3.05, 3.63) is 65.6 Å². The Morgan fingerprint density at radius 3 is 2.52 bits per heavy atom. The molecule has 27 heavy (non-hydrogen) atoms. The van der Waals surface area contributed by atoms with Crippen LogP contribution in [0, 0.1) is 0 Å². The summed E-state index contributed by atoms with van der Waals surface area (Å²) in [6.07, 6.45) is 3.42. The Morgan fingerprint density at radius 2 is 1.74 bits per heavy atom. The molecule has 1 aromatic carbocycles. The van der Waals surface area contributed by atoms with Crippen LogP contribution in [0.5, 0.6) is 0 Å². The van der Waals surface area contributed by atoms with E-state index in [4.69, 9.17) is 4.74 Å². The van der Waals surface area contributed by atoms with Crippen LogP contribution >= 0.6 is 0 Å². The van der Waals surface area contributed by atoms with Gasteiger partial charge in [-0.15, -0.1) is 0 Å². The second kappa shape index (κ2) is 4.82. The van der Waals surface area contributed by atoms with Gasteiger partial charge in [0, 0.05) is 37.1 Å². The van der Waals surface area contributed by atoms with Gasteiger partial charge in [-0.3, -0.25) is 19.3 Å². The minimum absolute atomic E-state index is 0.128. The zero-order chi connectivity index (χ0) is 19.0. The van der Waals surface area contributed by atoms with Crippen molar-refractivity contribution >= 4 is 29.6 Å². The normalized spacial score (nSPS) is 27.9. The van der Waals surface area contributed by atoms with Crippen molar-refractivity contribution in [1.82, 2.24) is 4.98 Å². The molecule has 7 nitrogen and oxygen atoms in total. The largest absolute Gasteiger partial charge is 0.478 e. The predicted molar refractivity (Wildman–Crippen MR) is 96.1 cm³/mol. The van der Waals surface area contributed by atoms with E-state index < -0.39 is 16.9 Å². The highest BCUT2D eigenvalue weighted by molar-refractivity contribution is 6.21. The van der Waals surface area contributed by atoms with E-state index in [0.29, 0.717) is 28.9 Å². The molecule has 2 aromatic rings. The van der Waals surface area contributed by atoms with Crippen LogP contribution < -0.4 is 9.80 Å². The number of hydrogen-bond acceptors (Lipinski definition) is 5. The fourth-order valence-corrected chi connectivity index (χ4v) is 4.69. The van der Waals surface area contributed by atoms with Crippen LogP contribution in [0.25, 0.3) is 0 Å². The van der Waals surface area contributed by atoms with Crippen molar-refractivity contribution in [1.29, 1.82) is 0 Å². The number of likely N-dealkylation sites (N-methyl/N-ethyl adjacent to an activating group) is 2. The molecule has 0 saturated carbocycles.